The van der Waals surface area contributed by atoms with Crippen LogP contribution in [0.25, 0.3) is 0 Å². The number of hydrogen-bond acceptors (Lipinski definition) is 2. The monoisotopic (exact) mass is 204 g/mol. The normalized spacial score (nSPS) is 27.1. The van der Waals surface area contributed by atoms with Crippen LogP contribution in [0.2, 0.25) is 0 Å². The van der Waals surface area contributed by atoms with E-state index in [0.717, 1.165) is 13.1 Å². The van der Waals surface area contributed by atoms with Crippen molar-refractivity contribution in [1.29, 1.82) is 0 Å². The van der Waals surface area contributed by atoms with Gasteiger partial charge in [0.25, 0.3) is 0 Å². The molecule has 1 aliphatic rings. The van der Waals surface area contributed by atoms with Crippen LogP contribution >= 0.6 is 0 Å². The van der Waals surface area contributed by atoms with Crippen molar-refractivity contribution in [3.05, 3.63) is 35.9 Å². The topological polar surface area (TPSA) is 15.3 Å². The van der Waals surface area contributed by atoms with Crippen LogP contribution in [-0.4, -0.2) is 37.6 Å². The molecule has 1 fully saturated rings. The second-order valence-corrected chi connectivity index (χ2v) is 4.40. The highest BCUT2D eigenvalue weighted by Gasteiger charge is 2.30. The Morgan fingerprint density at radius 2 is 2.00 bits per heavy atom. The zero-order valence-corrected chi connectivity index (χ0v) is 9.61. The fourth-order valence-corrected chi connectivity index (χ4v) is 2.51. The highest BCUT2D eigenvalue weighted by atomic mass is 15.2. The summed E-state index contributed by atoms with van der Waals surface area (Å²) in [6, 6.07) is 11.5. The molecule has 0 saturated carbocycles. The number of likely N-dealkylation sites (tertiary alicyclic amines) is 1. The summed E-state index contributed by atoms with van der Waals surface area (Å²) in [7, 11) is 2.20. The summed E-state index contributed by atoms with van der Waals surface area (Å²) in [6.07, 6.45) is 0. The molecule has 1 aromatic rings. The number of nitrogens with zero attached hydrogens (tertiary/aromatic N) is 1. The van der Waals surface area contributed by atoms with Crippen molar-refractivity contribution in [2.24, 2.45) is 0 Å². The van der Waals surface area contributed by atoms with Crippen molar-refractivity contribution >= 4 is 0 Å². The summed E-state index contributed by atoms with van der Waals surface area (Å²) in [5.41, 5.74) is 1.47. The minimum atomic E-state index is 0.613. The predicted octanol–water partition coefficient (Wildman–Crippen LogP) is 1.69. The summed E-state index contributed by atoms with van der Waals surface area (Å²) < 4.78 is 0. The summed E-state index contributed by atoms with van der Waals surface area (Å²) in [4.78, 5) is 2.41. The third-order valence-electron chi connectivity index (χ3n) is 3.20. The number of benzene rings is 1. The summed E-state index contributed by atoms with van der Waals surface area (Å²) in [6.45, 7) is 5.57. The van der Waals surface area contributed by atoms with Crippen LogP contribution in [0, 0.1) is 0 Å². The Bertz CT molecular complexity index is 297. The Hall–Kier alpha value is -0.860. The van der Waals surface area contributed by atoms with E-state index in [-0.39, 0.29) is 0 Å². The summed E-state index contributed by atoms with van der Waals surface area (Å²) in [5.74, 6) is 0.649. The van der Waals surface area contributed by atoms with Gasteiger partial charge in [0.2, 0.25) is 0 Å². The molecule has 2 atom stereocenters. The molecule has 0 amide bonds. The maximum absolute atomic E-state index is 3.58. The molecule has 15 heavy (non-hydrogen) atoms. The van der Waals surface area contributed by atoms with Gasteiger partial charge in [-0.25, -0.2) is 0 Å². The molecular formula is C13H20N2. The molecular weight excluding hydrogens is 184 g/mol. The molecule has 1 aliphatic heterocycles. The van der Waals surface area contributed by atoms with Crippen molar-refractivity contribution in [3.63, 3.8) is 0 Å². The zero-order chi connectivity index (χ0) is 10.7. The van der Waals surface area contributed by atoms with Crippen LogP contribution < -0.4 is 5.32 Å². The lowest BCUT2D eigenvalue weighted by molar-refractivity contribution is 0.399. The van der Waals surface area contributed by atoms with Gasteiger partial charge in [-0.2, -0.15) is 0 Å². The Kier molecular flexibility index (Phi) is 3.39. The maximum atomic E-state index is 3.58. The molecule has 0 spiro atoms. The SMILES string of the molecule is CCNC1CN(C)CC1c1ccccc1. The average Bonchev–Trinajstić information content (AvgIpc) is 2.62. The van der Waals surface area contributed by atoms with Gasteiger partial charge < -0.3 is 10.2 Å². The fourth-order valence-electron chi connectivity index (χ4n) is 2.51. The highest BCUT2D eigenvalue weighted by Crippen LogP contribution is 2.26. The van der Waals surface area contributed by atoms with Gasteiger partial charge in [0.15, 0.2) is 0 Å². The minimum Gasteiger partial charge on any atom is -0.312 e. The Labute approximate surface area is 92.3 Å². The zero-order valence-electron chi connectivity index (χ0n) is 9.61. The highest BCUT2D eigenvalue weighted by molar-refractivity contribution is 5.23. The maximum Gasteiger partial charge on any atom is 0.0275 e. The first-order chi connectivity index (χ1) is 7.31. The Morgan fingerprint density at radius 1 is 1.27 bits per heavy atom. The molecule has 0 bridgehead atoms. The standard InChI is InChI=1S/C13H20N2/c1-3-14-13-10-15(2)9-12(13)11-7-5-4-6-8-11/h4-8,12-14H,3,9-10H2,1-2H3. The van der Waals surface area contributed by atoms with E-state index in [1.165, 1.54) is 12.1 Å². The van der Waals surface area contributed by atoms with E-state index in [1.54, 1.807) is 0 Å². The van der Waals surface area contributed by atoms with Crippen LogP contribution in [0.1, 0.15) is 18.4 Å². The molecule has 2 nitrogen and oxygen atoms in total. The minimum absolute atomic E-state index is 0.613. The number of rotatable bonds is 3. The lowest BCUT2D eigenvalue weighted by atomic mass is 9.94. The first-order valence-corrected chi connectivity index (χ1v) is 5.78. The molecule has 82 valence electrons. The van der Waals surface area contributed by atoms with Gasteiger partial charge in [0.1, 0.15) is 0 Å². The van der Waals surface area contributed by atoms with Crippen molar-refractivity contribution in [2.75, 3.05) is 26.7 Å². The van der Waals surface area contributed by atoms with Gasteiger partial charge in [-0.15, -0.1) is 0 Å². The molecule has 0 aromatic heterocycles. The van der Waals surface area contributed by atoms with E-state index in [9.17, 15) is 0 Å². The molecule has 2 unspecified atom stereocenters. The van der Waals surface area contributed by atoms with Crippen molar-refractivity contribution in [1.82, 2.24) is 10.2 Å². The van der Waals surface area contributed by atoms with E-state index in [4.69, 9.17) is 0 Å². The van der Waals surface area contributed by atoms with E-state index < -0.39 is 0 Å². The molecule has 0 aliphatic carbocycles. The van der Waals surface area contributed by atoms with E-state index in [2.05, 4.69) is 54.5 Å². The van der Waals surface area contributed by atoms with Gasteiger partial charge in [-0.3, -0.25) is 0 Å². The first-order valence-electron chi connectivity index (χ1n) is 5.78. The Morgan fingerprint density at radius 3 is 2.67 bits per heavy atom. The summed E-state index contributed by atoms with van der Waals surface area (Å²) in [5, 5.41) is 3.58. The average molecular weight is 204 g/mol. The van der Waals surface area contributed by atoms with Crippen LogP contribution in [0.5, 0.6) is 0 Å². The van der Waals surface area contributed by atoms with E-state index in [1.807, 2.05) is 0 Å². The third kappa shape index (κ3) is 2.39. The molecule has 0 radical (unpaired) electrons. The van der Waals surface area contributed by atoms with Crippen molar-refractivity contribution < 1.29 is 0 Å². The van der Waals surface area contributed by atoms with E-state index >= 15 is 0 Å². The lowest BCUT2D eigenvalue weighted by Gasteiger charge is -2.19. The van der Waals surface area contributed by atoms with Gasteiger partial charge in [0, 0.05) is 25.0 Å². The quantitative estimate of drug-likeness (QED) is 0.806. The van der Waals surface area contributed by atoms with Gasteiger partial charge in [-0.05, 0) is 19.2 Å². The summed E-state index contributed by atoms with van der Waals surface area (Å²) >= 11 is 0. The largest absolute Gasteiger partial charge is 0.312 e. The van der Waals surface area contributed by atoms with E-state index in [0.29, 0.717) is 12.0 Å². The molecule has 1 heterocycles. The molecule has 1 aromatic carbocycles. The third-order valence-corrected chi connectivity index (χ3v) is 3.20. The fraction of sp³-hybridized carbons (Fsp3) is 0.538. The second kappa shape index (κ2) is 4.77. The van der Waals surface area contributed by atoms with Crippen LogP contribution in [-0.2, 0) is 0 Å². The molecule has 1 N–H and O–H groups in total. The van der Waals surface area contributed by atoms with Gasteiger partial charge in [0.05, 0.1) is 0 Å². The van der Waals surface area contributed by atoms with Crippen LogP contribution in [0.3, 0.4) is 0 Å². The first kappa shape index (κ1) is 10.7. The molecule has 2 heteroatoms. The molecule has 2 rings (SSSR count). The van der Waals surface area contributed by atoms with Crippen LogP contribution in [0.4, 0.5) is 0 Å². The van der Waals surface area contributed by atoms with Crippen LogP contribution in [0.15, 0.2) is 30.3 Å². The number of hydrogen-bond donors (Lipinski definition) is 1. The number of nitrogens with one attached hydrogen (secondary N) is 1. The number of likely N-dealkylation sites (N-methyl/N-ethyl adjacent to an activating group) is 2. The predicted molar refractivity (Wildman–Crippen MR) is 64.1 cm³/mol. The lowest BCUT2D eigenvalue weighted by Crippen LogP contribution is -2.34. The smallest absolute Gasteiger partial charge is 0.0275 e. The Balaban J connectivity index is 2.13. The molecule has 1 saturated heterocycles. The second-order valence-electron chi connectivity index (χ2n) is 4.40. The van der Waals surface area contributed by atoms with Gasteiger partial charge in [-0.1, -0.05) is 37.3 Å². The van der Waals surface area contributed by atoms with Gasteiger partial charge >= 0.3 is 0 Å². The van der Waals surface area contributed by atoms with Crippen molar-refractivity contribution in [2.45, 2.75) is 18.9 Å². The van der Waals surface area contributed by atoms with Crippen molar-refractivity contribution in [3.8, 4) is 0 Å².